The van der Waals surface area contributed by atoms with Crippen molar-refractivity contribution in [3.63, 3.8) is 0 Å². The van der Waals surface area contributed by atoms with Crippen molar-refractivity contribution in [3.05, 3.63) is 42.0 Å². The second kappa shape index (κ2) is 5.93. The molecule has 7 nitrogen and oxygen atoms in total. The van der Waals surface area contributed by atoms with Crippen LogP contribution in [0.25, 0.3) is 0 Å². The lowest BCUT2D eigenvalue weighted by atomic mass is 10.2. The van der Waals surface area contributed by atoms with E-state index >= 15 is 0 Å². The highest BCUT2D eigenvalue weighted by Gasteiger charge is 2.15. The molecular weight excluding hydrogens is 282 g/mol. The number of nitrogens with one attached hydrogen (secondary N) is 1. The van der Waals surface area contributed by atoms with E-state index in [0.29, 0.717) is 17.9 Å². The number of hydrogen-bond acceptors (Lipinski definition) is 6. The first-order chi connectivity index (χ1) is 9.49. The SMILES string of the molecule is CC(=O)c1cccc(S(=O)(=O)NCCc2ncno2)c1. The molecule has 2 aromatic rings. The number of sulfonamides is 1. The zero-order valence-corrected chi connectivity index (χ0v) is 11.6. The van der Waals surface area contributed by atoms with E-state index in [1.165, 1.54) is 31.5 Å². The highest BCUT2D eigenvalue weighted by atomic mass is 32.2. The lowest BCUT2D eigenvalue weighted by molar-refractivity contribution is 0.101. The van der Waals surface area contributed by atoms with Crippen LogP contribution < -0.4 is 4.72 Å². The second-order valence-electron chi connectivity index (χ2n) is 4.07. The molecule has 2 rings (SSSR count). The molecule has 0 saturated heterocycles. The molecule has 0 radical (unpaired) electrons. The van der Waals surface area contributed by atoms with Crippen molar-refractivity contribution in [2.75, 3.05) is 6.54 Å². The van der Waals surface area contributed by atoms with Crippen molar-refractivity contribution < 1.29 is 17.7 Å². The Kier molecular flexibility index (Phi) is 4.26. The van der Waals surface area contributed by atoms with Crippen LogP contribution in [0.2, 0.25) is 0 Å². The van der Waals surface area contributed by atoms with Gasteiger partial charge in [0.05, 0.1) is 4.90 Å². The van der Waals surface area contributed by atoms with E-state index in [0.717, 1.165) is 0 Å². The minimum atomic E-state index is -3.66. The summed E-state index contributed by atoms with van der Waals surface area (Å²) in [5.41, 5.74) is 0.352. The number of aromatic nitrogens is 2. The maximum atomic E-state index is 12.0. The van der Waals surface area contributed by atoms with Crippen molar-refractivity contribution in [1.29, 1.82) is 0 Å². The predicted molar refractivity (Wildman–Crippen MR) is 69.6 cm³/mol. The van der Waals surface area contributed by atoms with Gasteiger partial charge in [0.15, 0.2) is 12.1 Å². The summed E-state index contributed by atoms with van der Waals surface area (Å²) in [5, 5.41) is 3.43. The molecule has 0 unspecified atom stereocenters. The number of rotatable bonds is 6. The first-order valence-electron chi connectivity index (χ1n) is 5.85. The van der Waals surface area contributed by atoms with Gasteiger partial charge in [-0.05, 0) is 19.1 Å². The van der Waals surface area contributed by atoms with E-state index in [2.05, 4.69) is 14.9 Å². The van der Waals surface area contributed by atoms with Gasteiger partial charge in [0.2, 0.25) is 15.9 Å². The van der Waals surface area contributed by atoms with Crippen LogP contribution in [0.4, 0.5) is 0 Å². The van der Waals surface area contributed by atoms with E-state index in [-0.39, 0.29) is 17.2 Å². The van der Waals surface area contributed by atoms with Crippen molar-refractivity contribution in [3.8, 4) is 0 Å². The summed E-state index contributed by atoms with van der Waals surface area (Å²) >= 11 is 0. The highest BCUT2D eigenvalue weighted by molar-refractivity contribution is 7.89. The van der Waals surface area contributed by atoms with Crippen molar-refractivity contribution in [2.45, 2.75) is 18.2 Å². The van der Waals surface area contributed by atoms with Gasteiger partial charge in [0.25, 0.3) is 0 Å². The molecule has 0 spiro atoms. The van der Waals surface area contributed by atoms with Crippen molar-refractivity contribution >= 4 is 15.8 Å². The summed E-state index contributed by atoms with van der Waals surface area (Å²) in [7, 11) is -3.66. The van der Waals surface area contributed by atoms with Crippen LogP contribution in [0.3, 0.4) is 0 Å². The van der Waals surface area contributed by atoms with E-state index in [1.807, 2.05) is 0 Å². The molecule has 0 aliphatic rings. The largest absolute Gasteiger partial charge is 0.340 e. The average molecular weight is 295 g/mol. The zero-order chi connectivity index (χ0) is 14.6. The fourth-order valence-corrected chi connectivity index (χ4v) is 2.64. The van der Waals surface area contributed by atoms with Crippen LogP contribution in [0, 0.1) is 0 Å². The normalized spacial score (nSPS) is 11.4. The first-order valence-corrected chi connectivity index (χ1v) is 7.33. The standard InChI is InChI=1S/C12H13N3O4S/c1-9(16)10-3-2-4-11(7-10)20(17,18)15-6-5-12-13-8-14-19-12/h2-4,7-8,15H,5-6H2,1H3. The Morgan fingerprint density at radius 1 is 1.40 bits per heavy atom. The Hall–Kier alpha value is -2.06. The molecule has 0 bridgehead atoms. The quantitative estimate of drug-likeness (QED) is 0.791. The molecule has 0 amide bonds. The Morgan fingerprint density at radius 2 is 2.20 bits per heavy atom. The summed E-state index contributed by atoms with van der Waals surface area (Å²) in [6.07, 6.45) is 1.55. The maximum absolute atomic E-state index is 12.0. The van der Waals surface area contributed by atoms with Crippen LogP contribution >= 0.6 is 0 Å². The molecule has 0 atom stereocenters. The monoisotopic (exact) mass is 295 g/mol. The second-order valence-corrected chi connectivity index (χ2v) is 5.83. The van der Waals surface area contributed by atoms with Gasteiger partial charge in [-0.1, -0.05) is 17.3 Å². The average Bonchev–Trinajstić information content (AvgIpc) is 2.92. The number of Topliss-reactive ketones (excluding diaryl/α,β-unsaturated/α-hetero) is 1. The number of carbonyl (C=O) groups is 1. The Bertz CT molecular complexity index is 695. The minimum Gasteiger partial charge on any atom is -0.340 e. The Labute approximate surface area is 116 Å². The van der Waals surface area contributed by atoms with Crippen molar-refractivity contribution in [2.24, 2.45) is 0 Å². The van der Waals surface area contributed by atoms with E-state index < -0.39 is 10.0 Å². The fraction of sp³-hybridized carbons (Fsp3) is 0.250. The van der Waals surface area contributed by atoms with Crippen LogP contribution in [-0.4, -0.2) is 30.9 Å². The number of benzene rings is 1. The van der Waals surface area contributed by atoms with Crippen LogP contribution in [0.5, 0.6) is 0 Å². The van der Waals surface area contributed by atoms with Gasteiger partial charge < -0.3 is 4.52 Å². The maximum Gasteiger partial charge on any atom is 0.240 e. The van der Waals surface area contributed by atoms with Gasteiger partial charge in [0, 0.05) is 18.5 Å². The van der Waals surface area contributed by atoms with Crippen molar-refractivity contribution in [1.82, 2.24) is 14.9 Å². The van der Waals surface area contributed by atoms with Crippen LogP contribution in [0.1, 0.15) is 23.2 Å². The smallest absolute Gasteiger partial charge is 0.240 e. The third-order valence-electron chi connectivity index (χ3n) is 2.59. The lowest BCUT2D eigenvalue weighted by Gasteiger charge is -2.06. The third-order valence-corrected chi connectivity index (χ3v) is 4.05. The van der Waals surface area contributed by atoms with Crippen LogP contribution in [0.15, 0.2) is 40.0 Å². The predicted octanol–water partition coefficient (Wildman–Crippen LogP) is 0.793. The summed E-state index contributed by atoms with van der Waals surface area (Å²) in [6, 6.07) is 5.88. The van der Waals surface area contributed by atoms with Gasteiger partial charge >= 0.3 is 0 Å². The summed E-state index contributed by atoms with van der Waals surface area (Å²) in [6.45, 7) is 1.52. The highest BCUT2D eigenvalue weighted by Crippen LogP contribution is 2.11. The number of hydrogen-bond donors (Lipinski definition) is 1. The Morgan fingerprint density at radius 3 is 2.85 bits per heavy atom. The number of carbonyl (C=O) groups excluding carboxylic acids is 1. The van der Waals surface area contributed by atoms with E-state index in [9.17, 15) is 13.2 Å². The van der Waals surface area contributed by atoms with Gasteiger partial charge in [-0.25, -0.2) is 13.1 Å². The van der Waals surface area contributed by atoms with Gasteiger partial charge in [0.1, 0.15) is 0 Å². The molecule has 20 heavy (non-hydrogen) atoms. The number of ketones is 1. The minimum absolute atomic E-state index is 0.0516. The lowest BCUT2D eigenvalue weighted by Crippen LogP contribution is -2.26. The number of nitrogens with zero attached hydrogens (tertiary/aromatic N) is 2. The van der Waals surface area contributed by atoms with E-state index in [1.54, 1.807) is 6.07 Å². The molecule has 0 fully saturated rings. The molecular formula is C12H13N3O4S. The molecule has 8 heteroatoms. The summed E-state index contributed by atoms with van der Waals surface area (Å²) < 4.78 is 31.3. The summed E-state index contributed by atoms with van der Waals surface area (Å²) in [4.78, 5) is 15.1. The molecule has 1 aromatic carbocycles. The zero-order valence-electron chi connectivity index (χ0n) is 10.7. The molecule has 1 aromatic heterocycles. The van der Waals surface area contributed by atoms with Crippen LogP contribution in [-0.2, 0) is 16.4 Å². The van der Waals surface area contributed by atoms with Gasteiger partial charge in [-0.3, -0.25) is 4.79 Å². The molecule has 1 N–H and O–H groups in total. The molecule has 0 aliphatic carbocycles. The first kappa shape index (κ1) is 14.4. The molecule has 1 heterocycles. The molecule has 106 valence electrons. The van der Waals surface area contributed by atoms with Gasteiger partial charge in [-0.2, -0.15) is 4.98 Å². The molecule has 0 saturated carbocycles. The van der Waals surface area contributed by atoms with E-state index in [4.69, 9.17) is 4.52 Å². The topological polar surface area (TPSA) is 102 Å². The third kappa shape index (κ3) is 3.49. The summed E-state index contributed by atoms with van der Waals surface area (Å²) in [5.74, 6) is 0.165. The Balaban J connectivity index is 2.06. The molecule has 0 aliphatic heterocycles. The van der Waals surface area contributed by atoms with Gasteiger partial charge in [-0.15, -0.1) is 0 Å². The fourth-order valence-electron chi connectivity index (χ4n) is 1.56.